The lowest BCUT2D eigenvalue weighted by molar-refractivity contribution is -0.140. The lowest BCUT2D eigenvalue weighted by atomic mass is 10.0. The van der Waals surface area contributed by atoms with Crippen LogP contribution >= 0.6 is 11.6 Å². The molecule has 0 aliphatic heterocycles. The molecular weight excluding hydrogens is 586 g/mol. The molecule has 43 heavy (non-hydrogen) atoms. The van der Waals surface area contributed by atoms with E-state index in [-0.39, 0.29) is 24.6 Å². The van der Waals surface area contributed by atoms with Gasteiger partial charge in [-0.2, -0.15) is 0 Å². The topological polar surface area (TPSA) is 96.0 Å². The molecule has 0 heterocycles. The third kappa shape index (κ3) is 9.07. The summed E-state index contributed by atoms with van der Waals surface area (Å²) in [6.45, 7) is 1.71. The van der Waals surface area contributed by atoms with Crippen LogP contribution in [-0.4, -0.2) is 50.5 Å². The molecular formula is C33H34ClN3O5S. The van der Waals surface area contributed by atoms with E-state index in [4.69, 9.17) is 16.3 Å². The number of amides is 2. The first kappa shape index (κ1) is 31.6. The van der Waals surface area contributed by atoms with E-state index in [1.54, 1.807) is 49.4 Å². The van der Waals surface area contributed by atoms with Crippen molar-refractivity contribution in [3.63, 3.8) is 0 Å². The van der Waals surface area contributed by atoms with Crippen LogP contribution in [0.15, 0.2) is 109 Å². The lowest BCUT2D eigenvalue weighted by Gasteiger charge is -2.33. The molecule has 4 rings (SSSR count). The number of carbonyl (C=O) groups excluding carboxylic acids is 2. The minimum Gasteiger partial charge on any atom is -0.457 e. The first-order chi connectivity index (χ1) is 20.6. The summed E-state index contributed by atoms with van der Waals surface area (Å²) in [7, 11) is -3.89. The predicted molar refractivity (Wildman–Crippen MR) is 170 cm³/mol. The number of rotatable bonds is 13. The molecule has 0 radical (unpaired) electrons. The highest BCUT2D eigenvalue weighted by atomic mass is 35.5. The van der Waals surface area contributed by atoms with Crippen molar-refractivity contribution in [1.29, 1.82) is 0 Å². The van der Waals surface area contributed by atoms with Gasteiger partial charge in [0.25, 0.3) is 0 Å². The van der Waals surface area contributed by atoms with E-state index in [1.807, 2.05) is 66.7 Å². The molecule has 0 bridgehead atoms. The molecule has 2 amide bonds. The molecule has 0 aromatic heterocycles. The molecule has 4 aromatic carbocycles. The number of carbonyl (C=O) groups is 2. The summed E-state index contributed by atoms with van der Waals surface area (Å²) in [4.78, 5) is 28.9. The van der Waals surface area contributed by atoms with E-state index < -0.39 is 28.5 Å². The van der Waals surface area contributed by atoms with E-state index in [0.29, 0.717) is 28.6 Å². The van der Waals surface area contributed by atoms with Crippen LogP contribution in [0.2, 0.25) is 5.02 Å². The van der Waals surface area contributed by atoms with Crippen molar-refractivity contribution in [2.75, 3.05) is 23.7 Å². The molecule has 8 nitrogen and oxygen atoms in total. The summed E-state index contributed by atoms with van der Waals surface area (Å²) < 4.78 is 32.9. The zero-order valence-electron chi connectivity index (χ0n) is 24.0. The third-order valence-corrected chi connectivity index (χ3v) is 8.02. The maximum atomic E-state index is 14.1. The van der Waals surface area contributed by atoms with Crippen LogP contribution in [0.4, 0.5) is 5.69 Å². The normalized spacial score (nSPS) is 11.8. The number of hydrogen-bond donors (Lipinski definition) is 1. The van der Waals surface area contributed by atoms with Crippen molar-refractivity contribution < 1.29 is 22.7 Å². The molecule has 1 atom stereocenters. The maximum Gasteiger partial charge on any atom is 0.244 e. The second-order valence-corrected chi connectivity index (χ2v) is 12.3. The van der Waals surface area contributed by atoms with Gasteiger partial charge < -0.3 is 15.0 Å². The molecule has 224 valence electrons. The Morgan fingerprint density at radius 1 is 0.837 bits per heavy atom. The van der Waals surface area contributed by atoms with Gasteiger partial charge >= 0.3 is 0 Å². The van der Waals surface area contributed by atoms with Gasteiger partial charge in [-0.05, 0) is 66.6 Å². The monoisotopic (exact) mass is 619 g/mol. The van der Waals surface area contributed by atoms with Crippen LogP contribution in [0.25, 0.3) is 0 Å². The number of para-hydroxylation sites is 1. The Balaban J connectivity index is 1.66. The summed E-state index contributed by atoms with van der Waals surface area (Å²) >= 11 is 6.24. The van der Waals surface area contributed by atoms with Gasteiger partial charge in [0.2, 0.25) is 21.8 Å². The van der Waals surface area contributed by atoms with Gasteiger partial charge in [0, 0.05) is 24.5 Å². The number of likely N-dealkylation sites (N-methyl/N-ethyl adjacent to an activating group) is 1. The fourth-order valence-corrected chi connectivity index (χ4v) is 5.66. The van der Waals surface area contributed by atoms with Crippen molar-refractivity contribution in [1.82, 2.24) is 10.2 Å². The second kappa shape index (κ2) is 14.7. The first-order valence-corrected chi connectivity index (χ1v) is 16.0. The molecule has 1 N–H and O–H groups in total. The number of nitrogens with one attached hydrogen (secondary N) is 1. The zero-order chi connectivity index (χ0) is 30.8. The SMILES string of the molecule is CCNC(=O)[C@@H](Cc1ccccc1)N(Cc1cccc(Cl)c1)C(=O)CN(c1ccc(Oc2ccccc2)cc1)S(C)(=O)=O. The van der Waals surface area contributed by atoms with Crippen molar-refractivity contribution in [3.05, 3.63) is 125 Å². The van der Waals surface area contributed by atoms with Gasteiger partial charge in [-0.1, -0.05) is 72.3 Å². The molecule has 0 spiro atoms. The van der Waals surface area contributed by atoms with Crippen molar-refractivity contribution >= 4 is 39.1 Å². The van der Waals surface area contributed by atoms with Crippen LogP contribution in [0, 0.1) is 0 Å². The van der Waals surface area contributed by atoms with Crippen molar-refractivity contribution in [3.8, 4) is 11.5 Å². The Morgan fingerprint density at radius 3 is 2.05 bits per heavy atom. The number of ether oxygens (including phenoxy) is 1. The summed E-state index contributed by atoms with van der Waals surface area (Å²) in [6.07, 6.45) is 1.28. The fraction of sp³-hybridized carbons (Fsp3) is 0.212. The molecule has 0 saturated carbocycles. The number of anilines is 1. The van der Waals surface area contributed by atoms with Crippen molar-refractivity contribution in [2.45, 2.75) is 25.9 Å². The standard InChI is InChI=1S/C33H34ClN3O5S/c1-3-35-33(39)31(22-25-11-6-4-7-12-25)36(23-26-13-10-14-27(34)21-26)32(38)24-37(43(2,40)41)28-17-19-30(20-18-28)42-29-15-8-5-9-16-29/h4-21,31H,3,22-24H2,1-2H3,(H,35,39)/t31-/m1/s1. The summed E-state index contributed by atoms with van der Waals surface area (Å²) in [5.74, 6) is 0.269. The molecule has 0 aliphatic rings. The second-order valence-electron chi connectivity index (χ2n) is 9.93. The van der Waals surface area contributed by atoms with Crippen molar-refractivity contribution in [2.24, 2.45) is 0 Å². The number of halogens is 1. The molecule has 0 aliphatic carbocycles. The molecule has 10 heteroatoms. The number of benzene rings is 4. The van der Waals surface area contributed by atoms with Crippen LogP contribution in [-0.2, 0) is 32.6 Å². The quantitative estimate of drug-likeness (QED) is 0.208. The summed E-state index contributed by atoms with van der Waals surface area (Å²) in [5.41, 5.74) is 1.85. The zero-order valence-corrected chi connectivity index (χ0v) is 25.6. The molecule has 4 aromatic rings. The number of nitrogens with zero attached hydrogens (tertiary/aromatic N) is 2. The fourth-order valence-electron chi connectivity index (χ4n) is 4.60. The molecule has 0 unspecified atom stereocenters. The van der Waals surface area contributed by atoms with E-state index in [0.717, 1.165) is 16.1 Å². The van der Waals surface area contributed by atoms with Crippen LogP contribution in [0.1, 0.15) is 18.1 Å². The largest absolute Gasteiger partial charge is 0.457 e. The Hall–Kier alpha value is -4.34. The predicted octanol–water partition coefficient (Wildman–Crippen LogP) is 5.67. The Labute approximate surface area is 257 Å². The third-order valence-electron chi connectivity index (χ3n) is 6.65. The van der Waals surface area contributed by atoms with Gasteiger partial charge in [-0.3, -0.25) is 13.9 Å². The highest BCUT2D eigenvalue weighted by Crippen LogP contribution is 2.26. The first-order valence-electron chi connectivity index (χ1n) is 13.8. The highest BCUT2D eigenvalue weighted by molar-refractivity contribution is 7.92. The Morgan fingerprint density at radius 2 is 1.44 bits per heavy atom. The average Bonchev–Trinajstić information content (AvgIpc) is 2.99. The summed E-state index contributed by atoms with van der Waals surface area (Å²) in [6, 6.07) is 31.1. The Kier molecular flexibility index (Phi) is 10.8. The van der Waals surface area contributed by atoms with Gasteiger partial charge in [0.05, 0.1) is 11.9 Å². The molecule has 0 saturated heterocycles. The lowest BCUT2D eigenvalue weighted by Crippen LogP contribution is -2.53. The van der Waals surface area contributed by atoms with Gasteiger partial charge in [-0.25, -0.2) is 8.42 Å². The smallest absolute Gasteiger partial charge is 0.244 e. The highest BCUT2D eigenvalue weighted by Gasteiger charge is 2.33. The summed E-state index contributed by atoms with van der Waals surface area (Å²) in [5, 5.41) is 3.32. The Bertz CT molecular complexity index is 1620. The van der Waals surface area contributed by atoms with Gasteiger partial charge in [-0.15, -0.1) is 0 Å². The average molecular weight is 620 g/mol. The van der Waals surface area contributed by atoms with Gasteiger partial charge in [0.1, 0.15) is 24.1 Å². The maximum absolute atomic E-state index is 14.1. The number of sulfonamides is 1. The minimum atomic E-state index is -3.89. The van der Waals surface area contributed by atoms with E-state index in [2.05, 4.69) is 5.32 Å². The van der Waals surface area contributed by atoms with E-state index in [9.17, 15) is 18.0 Å². The van der Waals surface area contributed by atoms with Crippen LogP contribution < -0.4 is 14.4 Å². The minimum absolute atomic E-state index is 0.0511. The number of hydrogen-bond acceptors (Lipinski definition) is 5. The van der Waals surface area contributed by atoms with Gasteiger partial charge in [0.15, 0.2) is 0 Å². The van der Waals surface area contributed by atoms with E-state index >= 15 is 0 Å². The van der Waals surface area contributed by atoms with E-state index in [1.165, 1.54) is 4.90 Å². The van der Waals surface area contributed by atoms with Crippen LogP contribution in [0.5, 0.6) is 11.5 Å². The molecule has 0 fully saturated rings. The van der Waals surface area contributed by atoms with Crippen LogP contribution in [0.3, 0.4) is 0 Å².